The third kappa shape index (κ3) is 4.67. The number of hydrogen-bond acceptors (Lipinski definition) is 3. The summed E-state index contributed by atoms with van der Waals surface area (Å²) in [6.45, 7) is 4.33. The summed E-state index contributed by atoms with van der Waals surface area (Å²) in [5.41, 5.74) is 2.12. The molecular weight excluding hydrogens is 272 g/mol. The second kappa shape index (κ2) is 7.65. The number of hydrogen-bond donors (Lipinski definition) is 2. The Hall–Kier alpha value is -1.87. The number of nitrogens with one attached hydrogen (secondary N) is 2. The minimum atomic E-state index is 0.691. The lowest BCUT2D eigenvalue weighted by atomic mass is 10.3. The highest BCUT2D eigenvalue weighted by Gasteiger charge is 1.95. The molecule has 3 nitrogen and oxygen atoms in total. The first-order chi connectivity index (χ1) is 9.78. The Balaban J connectivity index is 1.73. The van der Waals surface area contributed by atoms with E-state index in [1.165, 1.54) is 0 Å². The van der Waals surface area contributed by atoms with E-state index in [1.54, 1.807) is 0 Å². The molecule has 0 bridgehead atoms. The monoisotopic (exact) mass is 290 g/mol. The molecule has 0 aromatic heterocycles. The van der Waals surface area contributed by atoms with E-state index >= 15 is 0 Å². The second-order valence-corrected chi connectivity index (χ2v) is 4.76. The molecule has 0 heterocycles. The quantitative estimate of drug-likeness (QED) is 0.748. The fourth-order valence-corrected chi connectivity index (χ4v) is 2.04. The van der Waals surface area contributed by atoms with Crippen molar-refractivity contribution in [2.24, 2.45) is 0 Å². The van der Waals surface area contributed by atoms with Crippen LogP contribution in [0.2, 0.25) is 5.02 Å². The topological polar surface area (TPSA) is 33.3 Å². The molecule has 0 aliphatic heterocycles. The normalized spacial score (nSPS) is 10.1. The van der Waals surface area contributed by atoms with Crippen molar-refractivity contribution in [3.8, 4) is 5.75 Å². The molecule has 0 unspecified atom stereocenters. The summed E-state index contributed by atoms with van der Waals surface area (Å²) < 4.78 is 5.40. The molecule has 20 heavy (non-hydrogen) atoms. The van der Waals surface area contributed by atoms with Crippen molar-refractivity contribution in [3.05, 3.63) is 53.6 Å². The van der Waals surface area contributed by atoms with Crippen LogP contribution in [0, 0.1) is 0 Å². The zero-order valence-electron chi connectivity index (χ0n) is 11.5. The van der Waals surface area contributed by atoms with Gasteiger partial charge in [0, 0.05) is 29.5 Å². The van der Waals surface area contributed by atoms with E-state index in [9.17, 15) is 0 Å². The molecule has 106 valence electrons. The molecule has 0 saturated heterocycles. The van der Waals surface area contributed by atoms with Crippen LogP contribution >= 0.6 is 11.6 Å². The van der Waals surface area contributed by atoms with Gasteiger partial charge in [-0.15, -0.1) is 0 Å². The van der Waals surface area contributed by atoms with Crippen molar-refractivity contribution >= 4 is 23.0 Å². The largest absolute Gasteiger partial charge is 0.494 e. The highest BCUT2D eigenvalue weighted by molar-refractivity contribution is 6.30. The van der Waals surface area contributed by atoms with Crippen molar-refractivity contribution in [1.82, 2.24) is 0 Å². The van der Waals surface area contributed by atoms with Crippen molar-refractivity contribution in [1.29, 1.82) is 0 Å². The molecule has 0 saturated carbocycles. The molecule has 2 N–H and O–H groups in total. The van der Waals surface area contributed by atoms with Crippen molar-refractivity contribution < 1.29 is 4.74 Å². The van der Waals surface area contributed by atoms with Crippen LogP contribution in [0.4, 0.5) is 11.4 Å². The minimum Gasteiger partial charge on any atom is -0.494 e. The van der Waals surface area contributed by atoms with E-state index in [0.717, 1.165) is 35.2 Å². The Morgan fingerprint density at radius 3 is 2.30 bits per heavy atom. The summed E-state index contributed by atoms with van der Waals surface area (Å²) in [4.78, 5) is 0. The molecule has 4 heteroatoms. The highest BCUT2D eigenvalue weighted by Crippen LogP contribution is 2.16. The summed E-state index contributed by atoms with van der Waals surface area (Å²) in [6.07, 6.45) is 0. The van der Waals surface area contributed by atoms with E-state index < -0.39 is 0 Å². The van der Waals surface area contributed by atoms with Gasteiger partial charge in [0.05, 0.1) is 6.61 Å². The Labute approximate surface area is 124 Å². The molecular formula is C16H19ClN2O. The van der Waals surface area contributed by atoms with Crippen molar-refractivity contribution in [3.63, 3.8) is 0 Å². The number of benzene rings is 2. The summed E-state index contributed by atoms with van der Waals surface area (Å²) in [5, 5.41) is 7.41. The van der Waals surface area contributed by atoms with Crippen LogP contribution in [0.3, 0.4) is 0 Å². The van der Waals surface area contributed by atoms with Gasteiger partial charge in [0.1, 0.15) is 5.75 Å². The number of anilines is 2. The predicted octanol–water partition coefficient (Wildman–Crippen LogP) is 4.26. The lowest BCUT2D eigenvalue weighted by molar-refractivity contribution is 0.340. The molecule has 2 aromatic rings. The molecule has 0 aliphatic carbocycles. The third-order valence-corrected chi connectivity index (χ3v) is 3.01. The average Bonchev–Trinajstić information content (AvgIpc) is 2.46. The predicted molar refractivity (Wildman–Crippen MR) is 86.0 cm³/mol. The van der Waals surface area contributed by atoms with Gasteiger partial charge in [-0.1, -0.05) is 17.7 Å². The lowest BCUT2D eigenvalue weighted by Crippen LogP contribution is -2.13. The van der Waals surface area contributed by atoms with Gasteiger partial charge in [-0.05, 0) is 49.4 Å². The Morgan fingerprint density at radius 2 is 1.65 bits per heavy atom. The van der Waals surface area contributed by atoms with Crippen LogP contribution in [0.15, 0.2) is 48.5 Å². The molecule has 2 aromatic carbocycles. The maximum Gasteiger partial charge on any atom is 0.119 e. The van der Waals surface area contributed by atoms with Gasteiger partial charge < -0.3 is 15.4 Å². The Kier molecular flexibility index (Phi) is 5.56. The lowest BCUT2D eigenvalue weighted by Gasteiger charge is -2.10. The van der Waals surface area contributed by atoms with E-state index in [0.29, 0.717) is 6.61 Å². The van der Waals surface area contributed by atoms with Crippen LogP contribution < -0.4 is 15.4 Å². The first-order valence-electron chi connectivity index (χ1n) is 6.74. The zero-order valence-corrected chi connectivity index (χ0v) is 12.3. The summed E-state index contributed by atoms with van der Waals surface area (Å²) in [6, 6.07) is 15.7. The fraction of sp³-hybridized carbons (Fsp3) is 0.250. The van der Waals surface area contributed by atoms with Crippen LogP contribution in [-0.4, -0.2) is 19.7 Å². The van der Waals surface area contributed by atoms with Gasteiger partial charge in [0.25, 0.3) is 0 Å². The van der Waals surface area contributed by atoms with Gasteiger partial charge in [-0.25, -0.2) is 0 Å². The minimum absolute atomic E-state index is 0.691. The second-order valence-electron chi connectivity index (χ2n) is 4.32. The third-order valence-electron chi connectivity index (χ3n) is 2.77. The fourth-order valence-electron chi connectivity index (χ4n) is 1.85. The van der Waals surface area contributed by atoms with Crippen molar-refractivity contribution in [2.45, 2.75) is 6.92 Å². The van der Waals surface area contributed by atoms with Gasteiger partial charge in [0.15, 0.2) is 0 Å². The van der Waals surface area contributed by atoms with Gasteiger partial charge in [-0.3, -0.25) is 0 Å². The summed E-state index contributed by atoms with van der Waals surface area (Å²) in [7, 11) is 0. The molecule has 0 fully saturated rings. The maximum absolute atomic E-state index is 5.93. The van der Waals surface area contributed by atoms with Crippen LogP contribution in [-0.2, 0) is 0 Å². The zero-order chi connectivity index (χ0) is 14.2. The van der Waals surface area contributed by atoms with E-state index in [2.05, 4.69) is 10.6 Å². The van der Waals surface area contributed by atoms with E-state index in [-0.39, 0.29) is 0 Å². The van der Waals surface area contributed by atoms with Gasteiger partial charge in [-0.2, -0.15) is 0 Å². The molecule has 0 atom stereocenters. The standard InChI is InChI=1S/C16H19ClN2O/c1-2-20-16-8-6-14(7-9-16)18-10-11-19-15-5-3-4-13(17)12-15/h3-9,12,18-19H,2,10-11H2,1H3. The molecule has 2 rings (SSSR count). The average molecular weight is 291 g/mol. The maximum atomic E-state index is 5.93. The number of rotatable bonds is 7. The van der Waals surface area contributed by atoms with Crippen LogP contribution in [0.25, 0.3) is 0 Å². The van der Waals surface area contributed by atoms with E-state index in [1.807, 2.05) is 55.5 Å². The first-order valence-corrected chi connectivity index (χ1v) is 7.12. The summed E-state index contributed by atoms with van der Waals surface area (Å²) in [5.74, 6) is 0.898. The van der Waals surface area contributed by atoms with E-state index in [4.69, 9.17) is 16.3 Å². The molecule has 0 spiro atoms. The van der Waals surface area contributed by atoms with Gasteiger partial charge >= 0.3 is 0 Å². The Morgan fingerprint density at radius 1 is 0.950 bits per heavy atom. The molecule has 0 aliphatic rings. The van der Waals surface area contributed by atoms with Crippen LogP contribution in [0.1, 0.15) is 6.92 Å². The molecule has 0 amide bonds. The number of halogens is 1. The smallest absolute Gasteiger partial charge is 0.119 e. The van der Waals surface area contributed by atoms with Crippen molar-refractivity contribution in [2.75, 3.05) is 30.3 Å². The molecule has 0 radical (unpaired) electrons. The summed E-state index contributed by atoms with van der Waals surface area (Å²) >= 11 is 5.93. The van der Waals surface area contributed by atoms with Gasteiger partial charge in [0.2, 0.25) is 0 Å². The first kappa shape index (κ1) is 14.5. The number of ether oxygens (including phenoxy) is 1. The highest BCUT2D eigenvalue weighted by atomic mass is 35.5. The Bertz CT molecular complexity index is 528. The van der Waals surface area contributed by atoms with Crippen LogP contribution in [0.5, 0.6) is 5.75 Å². The SMILES string of the molecule is CCOc1ccc(NCCNc2cccc(Cl)c2)cc1.